The third-order valence-electron chi connectivity index (χ3n) is 4.35. The molecule has 1 N–H and O–H groups in total. The molecule has 7 heteroatoms. The minimum atomic E-state index is -0.0102. The molecule has 2 aromatic heterocycles. The lowest BCUT2D eigenvalue weighted by molar-refractivity contribution is 0.0120. The zero-order valence-electron chi connectivity index (χ0n) is 12.3. The third-order valence-corrected chi connectivity index (χ3v) is 5.11. The monoisotopic (exact) mass is 317 g/mol. The van der Waals surface area contributed by atoms with E-state index >= 15 is 0 Å². The average molecular weight is 317 g/mol. The van der Waals surface area contributed by atoms with Crippen molar-refractivity contribution >= 4 is 17.3 Å². The van der Waals surface area contributed by atoms with Crippen molar-refractivity contribution in [1.82, 2.24) is 19.9 Å². The molecule has 0 bridgehead atoms. The maximum Gasteiger partial charge on any atom is 0.222 e. The SMILES string of the molecule is c1cnc(N[C@@H]2CO[C@@]3(CCN(Cc4nccs4)C3)C2)nc1. The number of ether oxygens (including phenoxy) is 1. The van der Waals surface area contributed by atoms with E-state index in [0.29, 0.717) is 12.0 Å². The van der Waals surface area contributed by atoms with Crippen molar-refractivity contribution in [2.24, 2.45) is 0 Å². The first-order chi connectivity index (χ1) is 10.8. The van der Waals surface area contributed by atoms with E-state index in [4.69, 9.17) is 4.74 Å². The van der Waals surface area contributed by atoms with Gasteiger partial charge in [0.05, 0.1) is 24.8 Å². The smallest absolute Gasteiger partial charge is 0.222 e. The summed E-state index contributed by atoms with van der Waals surface area (Å²) in [5, 5.41) is 6.59. The van der Waals surface area contributed by atoms with Crippen LogP contribution in [0.5, 0.6) is 0 Å². The average Bonchev–Trinajstić information content (AvgIpc) is 3.25. The van der Waals surface area contributed by atoms with Gasteiger partial charge < -0.3 is 10.1 Å². The fourth-order valence-electron chi connectivity index (χ4n) is 3.36. The molecule has 0 saturated carbocycles. The molecule has 6 nitrogen and oxygen atoms in total. The molecular weight excluding hydrogens is 298 g/mol. The van der Waals surface area contributed by atoms with Crippen molar-refractivity contribution in [2.75, 3.05) is 25.0 Å². The topological polar surface area (TPSA) is 63.2 Å². The second kappa shape index (κ2) is 5.91. The van der Waals surface area contributed by atoms with E-state index in [-0.39, 0.29) is 5.60 Å². The second-order valence-corrected chi connectivity index (χ2v) is 6.98. The van der Waals surface area contributed by atoms with Crippen molar-refractivity contribution in [2.45, 2.75) is 31.0 Å². The normalized spacial score (nSPS) is 28.5. The van der Waals surface area contributed by atoms with Gasteiger partial charge in [0.15, 0.2) is 0 Å². The highest BCUT2D eigenvalue weighted by atomic mass is 32.1. The van der Waals surface area contributed by atoms with Crippen LogP contribution < -0.4 is 5.32 Å². The summed E-state index contributed by atoms with van der Waals surface area (Å²) in [4.78, 5) is 15.3. The Balaban J connectivity index is 1.34. The lowest BCUT2D eigenvalue weighted by Gasteiger charge is -2.23. The molecule has 2 atom stereocenters. The zero-order chi connectivity index (χ0) is 14.8. The number of nitrogens with one attached hydrogen (secondary N) is 1. The Morgan fingerprint density at radius 1 is 1.32 bits per heavy atom. The van der Waals surface area contributed by atoms with Gasteiger partial charge >= 0.3 is 0 Å². The van der Waals surface area contributed by atoms with Crippen LogP contribution in [-0.4, -0.2) is 51.2 Å². The number of likely N-dealkylation sites (tertiary alicyclic amines) is 1. The molecular formula is C15H19N5OS. The first-order valence-electron chi connectivity index (χ1n) is 7.60. The minimum absolute atomic E-state index is 0.0102. The fourth-order valence-corrected chi connectivity index (χ4v) is 4.02. The summed E-state index contributed by atoms with van der Waals surface area (Å²) in [7, 11) is 0. The predicted octanol–water partition coefficient (Wildman–Crippen LogP) is 1.78. The first-order valence-corrected chi connectivity index (χ1v) is 8.48. The van der Waals surface area contributed by atoms with Gasteiger partial charge in [-0.1, -0.05) is 0 Å². The van der Waals surface area contributed by atoms with Gasteiger partial charge in [-0.2, -0.15) is 0 Å². The Morgan fingerprint density at radius 2 is 2.23 bits per heavy atom. The number of rotatable bonds is 4. The van der Waals surface area contributed by atoms with E-state index in [1.807, 2.05) is 17.6 Å². The molecule has 2 aromatic rings. The van der Waals surface area contributed by atoms with Crippen LogP contribution in [0.4, 0.5) is 5.95 Å². The zero-order valence-corrected chi connectivity index (χ0v) is 13.1. The number of hydrogen-bond donors (Lipinski definition) is 1. The first kappa shape index (κ1) is 14.0. The summed E-state index contributed by atoms with van der Waals surface area (Å²) in [5.74, 6) is 0.686. The van der Waals surface area contributed by atoms with Crippen LogP contribution in [0.2, 0.25) is 0 Å². The largest absolute Gasteiger partial charge is 0.371 e. The standard InChI is InChI=1S/C15H19N5OS/c1-3-17-14(18-4-1)19-12-8-15(21-10-12)2-6-20(11-15)9-13-16-5-7-22-13/h1,3-5,7,12H,2,6,8-11H2,(H,17,18,19)/t12-,15-/m0/s1. The molecule has 22 heavy (non-hydrogen) atoms. The molecule has 4 heterocycles. The molecule has 116 valence electrons. The summed E-state index contributed by atoms with van der Waals surface area (Å²) in [5.41, 5.74) is -0.0102. The van der Waals surface area contributed by atoms with Gasteiger partial charge in [0, 0.05) is 43.5 Å². The maximum atomic E-state index is 6.16. The molecule has 0 radical (unpaired) electrons. The van der Waals surface area contributed by atoms with Gasteiger partial charge in [-0.05, 0) is 12.5 Å². The van der Waals surface area contributed by atoms with Crippen molar-refractivity contribution in [1.29, 1.82) is 0 Å². The van der Waals surface area contributed by atoms with Gasteiger partial charge in [0.2, 0.25) is 5.95 Å². The minimum Gasteiger partial charge on any atom is -0.371 e. The summed E-state index contributed by atoms with van der Waals surface area (Å²) in [6.07, 6.45) is 7.49. The third kappa shape index (κ3) is 2.97. The second-order valence-electron chi connectivity index (χ2n) is 6.00. The Bertz CT molecular complexity index is 608. The molecule has 1 spiro atoms. The van der Waals surface area contributed by atoms with Crippen LogP contribution in [0.25, 0.3) is 0 Å². The molecule has 2 saturated heterocycles. The lowest BCUT2D eigenvalue weighted by atomic mass is 9.97. The van der Waals surface area contributed by atoms with E-state index in [2.05, 4.69) is 25.2 Å². The van der Waals surface area contributed by atoms with E-state index < -0.39 is 0 Å². The molecule has 2 aliphatic rings. The van der Waals surface area contributed by atoms with Crippen molar-refractivity contribution < 1.29 is 4.74 Å². The number of anilines is 1. The number of nitrogens with zero attached hydrogens (tertiary/aromatic N) is 4. The quantitative estimate of drug-likeness (QED) is 0.927. The fraction of sp³-hybridized carbons (Fsp3) is 0.533. The van der Waals surface area contributed by atoms with E-state index in [1.165, 1.54) is 5.01 Å². The Kier molecular flexibility index (Phi) is 3.77. The summed E-state index contributed by atoms with van der Waals surface area (Å²) >= 11 is 1.72. The Labute approximate surface area is 133 Å². The van der Waals surface area contributed by atoms with E-state index in [1.54, 1.807) is 23.7 Å². The highest BCUT2D eigenvalue weighted by molar-refractivity contribution is 7.09. The van der Waals surface area contributed by atoms with Gasteiger partial charge in [-0.15, -0.1) is 11.3 Å². The molecule has 0 aromatic carbocycles. The number of hydrogen-bond acceptors (Lipinski definition) is 7. The molecule has 2 aliphatic heterocycles. The Morgan fingerprint density at radius 3 is 3.05 bits per heavy atom. The molecule has 0 amide bonds. The van der Waals surface area contributed by atoms with Gasteiger partial charge in [0.25, 0.3) is 0 Å². The van der Waals surface area contributed by atoms with Crippen LogP contribution in [0.15, 0.2) is 30.0 Å². The van der Waals surface area contributed by atoms with Crippen molar-refractivity contribution in [3.8, 4) is 0 Å². The van der Waals surface area contributed by atoms with Crippen LogP contribution in [0.1, 0.15) is 17.8 Å². The van der Waals surface area contributed by atoms with Gasteiger partial charge in [0.1, 0.15) is 5.01 Å². The summed E-state index contributed by atoms with van der Waals surface area (Å²) in [6, 6.07) is 2.12. The highest BCUT2D eigenvalue weighted by Gasteiger charge is 2.45. The lowest BCUT2D eigenvalue weighted by Crippen LogP contribution is -2.33. The molecule has 2 fully saturated rings. The van der Waals surface area contributed by atoms with Crippen LogP contribution in [-0.2, 0) is 11.3 Å². The number of aromatic nitrogens is 3. The van der Waals surface area contributed by atoms with Crippen molar-refractivity contribution in [3.63, 3.8) is 0 Å². The van der Waals surface area contributed by atoms with Gasteiger partial charge in [-0.3, -0.25) is 4.90 Å². The number of thiazole rings is 1. The van der Waals surface area contributed by atoms with E-state index in [9.17, 15) is 0 Å². The van der Waals surface area contributed by atoms with Crippen LogP contribution in [0, 0.1) is 0 Å². The maximum absolute atomic E-state index is 6.16. The molecule has 0 unspecified atom stereocenters. The van der Waals surface area contributed by atoms with Gasteiger partial charge in [-0.25, -0.2) is 15.0 Å². The molecule has 4 rings (SSSR count). The highest BCUT2D eigenvalue weighted by Crippen LogP contribution is 2.36. The Hall–Kier alpha value is -1.57. The van der Waals surface area contributed by atoms with Crippen LogP contribution >= 0.6 is 11.3 Å². The summed E-state index contributed by atoms with van der Waals surface area (Å²) < 4.78 is 6.16. The molecule has 0 aliphatic carbocycles. The summed E-state index contributed by atoms with van der Waals surface area (Å²) in [6.45, 7) is 3.72. The predicted molar refractivity (Wildman–Crippen MR) is 84.8 cm³/mol. The van der Waals surface area contributed by atoms with Crippen LogP contribution in [0.3, 0.4) is 0 Å². The van der Waals surface area contributed by atoms with E-state index in [0.717, 1.165) is 39.1 Å². The van der Waals surface area contributed by atoms with Crippen molar-refractivity contribution in [3.05, 3.63) is 35.0 Å².